The second kappa shape index (κ2) is 6.93. The fraction of sp³-hybridized carbons (Fsp3) is 0.706. The van der Waals surface area contributed by atoms with Gasteiger partial charge < -0.3 is 14.9 Å². The van der Waals surface area contributed by atoms with Gasteiger partial charge in [0.15, 0.2) is 5.69 Å². The molecular weight excluding hydrogens is 308 g/mol. The van der Waals surface area contributed by atoms with E-state index in [1.54, 1.807) is 0 Å². The highest BCUT2D eigenvalue weighted by molar-refractivity contribution is 5.94. The van der Waals surface area contributed by atoms with Crippen LogP contribution >= 0.6 is 0 Å². The van der Waals surface area contributed by atoms with Gasteiger partial charge in [0.25, 0.3) is 5.91 Å². The van der Waals surface area contributed by atoms with Crippen molar-refractivity contribution in [3.05, 3.63) is 17.5 Å². The second-order valence-corrected chi connectivity index (χ2v) is 7.74. The number of hydrogen-bond donors (Lipinski definition) is 1. The topological polar surface area (TPSA) is 78.7 Å². The highest BCUT2D eigenvalue weighted by Crippen LogP contribution is 2.41. The van der Waals surface area contributed by atoms with Crippen LogP contribution in [0, 0.1) is 0 Å². The van der Waals surface area contributed by atoms with Crippen molar-refractivity contribution in [1.29, 1.82) is 0 Å². The van der Waals surface area contributed by atoms with E-state index in [1.165, 1.54) is 4.90 Å². The van der Waals surface area contributed by atoms with Crippen LogP contribution in [0.4, 0.5) is 0 Å². The lowest BCUT2D eigenvalue weighted by molar-refractivity contribution is -0.137. The first kappa shape index (κ1) is 18.4. The van der Waals surface area contributed by atoms with Crippen molar-refractivity contribution in [2.45, 2.75) is 45.1 Å². The van der Waals surface area contributed by atoms with E-state index in [9.17, 15) is 9.59 Å². The van der Waals surface area contributed by atoms with E-state index in [2.05, 4.69) is 25.9 Å². The molecule has 0 bridgehead atoms. The van der Waals surface area contributed by atoms with Gasteiger partial charge in [-0.2, -0.15) is 5.10 Å². The minimum Gasteiger partial charge on any atom is -0.480 e. The van der Waals surface area contributed by atoms with Crippen LogP contribution < -0.4 is 0 Å². The molecule has 0 spiro atoms. The number of hydrogen-bond acceptors (Lipinski definition) is 4. The van der Waals surface area contributed by atoms with E-state index in [0.29, 0.717) is 24.7 Å². The first-order valence-electron chi connectivity index (χ1n) is 8.36. The fourth-order valence-electron chi connectivity index (χ4n) is 2.61. The van der Waals surface area contributed by atoms with E-state index < -0.39 is 5.97 Å². The number of carboxylic acid groups (broad SMARTS) is 1. The third-order valence-electron chi connectivity index (χ3n) is 4.02. The summed E-state index contributed by atoms with van der Waals surface area (Å²) in [6.45, 7) is 6.82. The smallest absolute Gasteiger partial charge is 0.323 e. The Hall–Kier alpha value is -1.89. The number of aliphatic carboxylic acids is 1. The molecule has 1 aliphatic carbocycles. The van der Waals surface area contributed by atoms with E-state index in [1.807, 2.05) is 29.7 Å². The van der Waals surface area contributed by atoms with E-state index >= 15 is 0 Å². The first-order chi connectivity index (χ1) is 11.1. The molecule has 1 N–H and O–H groups in total. The zero-order valence-corrected chi connectivity index (χ0v) is 15.2. The number of carbonyl (C=O) groups is 2. The molecule has 0 radical (unpaired) electrons. The van der Waals surface area contributed by atoms with Gasteiger partial charge in [0.1, 0.15) is 6.54 Å². The number of nitrogens with zero attached hydrogens (tertiary/aromatic N) is 4. The van der Waals surface area contributed by atoms with Gasteiger partial charge in [-0.25, -0.2) is 0 Å². The van der Waals surface area contributed by atoms with E-state index in [-0.39, 0.29) is 18.0 Å². The van der Waals surface area contributed by atoms with E-state index in [0.717, 1.165) is 18.5 Å². The Morgan fingerprint density at radius 3 is 2.38 bits per heavy atom. The van der Waals surface area contributed by atoms with Gasteiger partial charge >= 0.3 is 5.97 Å². The maximum Gasteiger partial charge on any atom is 0.323 e. The van der Waals surface area contributed by atoms with Crippen LogP contribution in [0.3, 0.4) is 0 Å². The Labute approximate surface area is 143 Å². The summed E-state index contributed by atoms with van der Waals surface area (Å²) in [5.41, 5.74) is 1.21. The summed E-state index contributed by atoms with van der Waals surface area (Å²) < 4.78 is 1.92. The van der Waals surface area contributed by atoms with Gasteiger partial charge in [0.05, 0.1) is 5.54 Å². The Bertz CT molecular complexity index is 612. The van der Waals surface area contributed by atoms with E-state index in [4.69, 9.17) is 5.11 Å². The van der Waals surface area contributed by atoms with Gasteiger partial charge in [0, 0.05) is 24.7 Å². The van der Waals surface area contributed by atoms with Crippen molar-refractivity contribution >= 4 is 11.9 Å². The molecule has 24 heavy (non-hydrogen) atoms. The maximum atomic E-state index is 12.8. The first-order valence-corrected chi connectivity index (χ1v) is 8.36. The van der Waals surface area contributed by atoms with Crippen LogP contribution in [0.2, 0.25) is 0 Å². The summed E-state index contributed by atoms with van der Waals surface area (Å²) in [5.74, 6) is -0.864. The van der Waals surface area contributed by atoms with Crippen molar-refractivity contribution < 1.29 is 14.7 Å². The molecule has 2 rings (SSSR count). The molecule has 1 saturated carbocycles. The summed E-state index contributed by atoms with van der Waals surface area (Å²) in [5, 5.41) is 13.6. The minimum atomic E-state index is -1.01. The fourth-order valence-corrected chi connectivity index (χ4v) is 2.61. The van der Waals surface area contributed by atoms with Gasteiger partial charge in [-0.3, -0.25) is 14.3 Å². The molecular formula is C17H28N4O3. The molecule has 1 aromatic rings. The lowest BCUT2D eigenvalue weighted by Crippen LogP contribution is -2.40. The molecule has 1 aliphatic rings. The summed E-state index contributed by atoms with van der Waals surface area (Å²) in [7, 11) is 3.78. The summed E-state index contributed by atoms with van der Waals surface area (Å²) in [4.78, 5) is 27.2. The van der Waals surface area contributed by atoms with Crippen molar-refractivity contribution in [3.8, 4) is 0 Å². The van der Waals surface area contributed by atoms with Crippen LogP contribution in [0.25, 0.3) is 0 Å². The van der Waals surface area contributed by atoms with Crippen molar-refractivity contribution in [2.24, 2.45) is 0 Å². The second-order valence-electron chi connectivity index (χ2n) is 7.74. The van der Waals surface area contributed by atoms with Crippen LogP contribution in [-0.2, 0) is 10.3 Å². The molecule has 1 aromatic heterocycles. The molecule has 0 saturated heterocycles. The number of carboxylic acids is 1. The normalized spacial score (nSPS) is 14.9. The van der Waals surface area contributed by atoms with Crippen LogP contribution in [0.5, 0.6) is 0 Å². The van der Waals surface area contributed by atoms with Gasteiger partial charge in [0.2, 0.25) is 0 Å². The molecule has 7 nitrogen and oxygen atoms in total. The monoisotopic (exact) mass is 336 g/mol. The summed E-state index contributed by atoms with van der Waals surface area (Å²) >= 11 is 0. The van der Waals surface area contributed by atoms with Crippen LogP contribution in [0.15, 0.2) is 6.07 Å². The highest BCUT2D eigenvalue weighted by Gasteiger charge is 2.33. The quantitative estimate of drug-likeness (QED) is 0.818. The molecule has 0 unspecified atom stereocenters. The van der Waals surface area contributed by atoms with Crippen molar-refractivity contribution in [2.75, 3.05) is 33.7 Å². The largest absolute Gasteiger partial charge is 0.480 e. The standard InChI is InChI=1S/C17H28N4O3/c1-17(2,3)21-14(12-6-7-12)10-13(18-21)16(24)20(11-15(22)23)9-8-19(4)5/h10,12H,6-9,11H2,1-5H3,(H,22,23). The highest BCUT2D eigenvalue weighted by atomic mass is 16.4. The number of amides is 1. The molecule has 1 fully saturated rings. The number of rotatable bonds is 7. The maximum absolute atomic E-state index is 12.8. The number of carbonyl (C=O) groups excluding carboxylic acids is 1. The summed E-state index contributed by atoms with van der Waals surface area (Å²) in [6, 6.07) is 1.84. The molecule has 0 aliphatic heterocycles. The van der Waals surface area contributed by atoms with Gasteiger partial charge in [-0.1, -0.05) is 0 Å². The minimum absolute atomic E-state index is 0.211. The molecule has 0 atom stereocenters. The Balaban J connectivity index is 2.26. The molecule has 134 valence electrons. The zero-order chi connectivity index (χ0) is 18.1. The predicted octanol–water partition coefficient (Wildman–Crippen LogP) is 1.60. The van der Waals surface area contributed by atoms with Gasteiger partial charge in [-0.15, -0.1) is 0 Å². The van der Waals surface area contributed by atoms with Crippen molar-refractivity contribution in [1.82, 2.24) is 19.6 Å². The number of likely N-dealkylation sites (N-methyl/N-ethyl adjacent to an activating group) is 1. The van der Waals surface area contributed by atoms with Crippen LogP contribution in [-0.4, -0.2) is 70.3 Å². The number of aromatic nitrogens is 2. The van der Waals surface area contributed by atoms with Crippen molar-refractivity contribution in [3.63, 3.8) is 0 Å². The molecule has 1 amide bonds. The third kappa shape index (κ3) is 4.56. The average molecular weight is 336 g/mol. The molecule has 1 heterocycles. The lowest BCUT2D eigenvalue weighted by Gasteiger charge is -2.23. The van der Waals surface area contributed by atoms with Gasteiger partial charge in [-0.05, 0) is 53.8 Å². The lowest BCUT2D eigenvalue weighted by atomic mass is 10.1. The molecule has 0 aromatic carbocycles. The SMILES string of the molecule is CN(C)CCN(CC(=O)O)C(=O)c1cc(C2CC2)n(C(C)(C)C)n1. The third-order valence-corrected chi connectivity index (χ3v) is 4.02. The average Bonchev–Trinajstić information content (AvgIpc) is 3.19. The predicted molar refractivity (Wildman–Crippen MR) is 91.3 cm³/mol. The summed E-state index contributed by atoms with van der Waals surface area (Å²) in [6.07, 6.45) is 2.24. The van der Waals surface area contributed by atoms with Crippen LogP contribution in [0.1, 0.15) is 55.7 Å². The Morgan fingerprint density at radius 1 is 1.29 bits per heavy atom. The Kier molecular flexibility index (Phi) is 5.32. The molecule has 7 heteroatoms. The Morgan fingerprint density at radius 2 is 1.92 bits per heavy atom. The zero-order valence-electron chi connectivity index (χ0n) is 15.2.